The third-order valence-electron chi connectivity index (χ3n) is 4.30. The van der Waals surface area contributed by atoms with Crippen LogP contribution in [0.2, 0.25) is 0 Å². The molecule has 0 unspecified atom stereocenters. The number of halogens is 2. The molecule has 6 heteroatoms. The van der Waals surface area contributed by atoms with E-state index in [4.69, 9.17) is 4.74 Å². The summed E-state index contributed by atoms with van der Waals surface area (Å²) in [5.41, 5.74) is 0.680. The van der Waals surface area contributed by atoms with Crippen molar-refractivity contribution in [2.45, 2.75) is 31.8 Å². The summed E-state index contributed by atoms with van der Waals surface area (Å²) in [5, 5.41) is 0. The molecule has 0 aromatic carbocycles. The van der Waals surface area contributed by atoms with E-state index in [1.54, 1.807) is 4.90 Å². The molecule has 3 heterocycles. The molecule has 1 saturated heterocycles. The van der Waals surface area contributed by atoms with Gasteiger partial charge in [-0.05, 0) is 26.2 Å². The van der Waals surface area contributed by atoms with Gasteiger partial charge in [-0.3, -0.25) is 4.79 Å². The third kappa shape index (κ3) is 2.88. The number of ether oxygens (including phenoxy) is 1. The van der Waals surface area contributed by atoms with Crippen molar-refractivity contribution in [3.05, 3.63) is 41.2 Å². The fourth-order valence-electron chi connectivity index (χ4n) is 3.08. The Morgan fingerprint density at radius 2 is 2.09 bits per heavy atom. The number of amides is 1. The van der Waals surface area contributed by atoms with Gasteiger partial charge in [0.05, 0.1) is 18.4 Å². The topological polar surface area (TPSA) is 42.4 Å². The number of carbonyl (C=O) groups excluding carboxylic acids is 1. The minimum absolute atomic E-state index is 0.298. The van der Waals surface area contributed by atoms with Crippen LogP contribution in [0.1, 0.15) is 36.7 Å². The summed E-state index contributed by atoms with van der Waals surface area (Å²) in [5.74, 6) is -2.21. The van der Waals surface area contributed by atoms with Gasteiger partial charge in [0.1, 0.15) is 5.82 Å². The quantitative estimate of drug-likeness (QED) is 0.749. The average molecular weight is 308 g/mol. The Balaban J connectivity index is 1.71. The average Bonchev–Trinajstić information content (AvgIpc) is 2.47. The molecule has 2 aliphatic rings. The lowest BCUT2D eigenvalue weighted by molar-refractivity contribution is -0.0523. The first-order valence-electron chi connectivity index (χ1n) is 7.42. The van der Waals surface area contributed by atoms with Gasteiger partial charge in [-0.2, -0.15) is 0 Å². The second kappa shape index (κ2) is 5.76. The highest BCUT2D eigenvalue weighted by Crippen LogP contribution is 2.33. The van der Waals surface area contributed by atoms with Crippen molar-refractivity contribution >= 4 is 5.91 Å². The summed E-state index contributed by atoms with van der Waals surface area (Å²) in [6.45, 7) is 3.73. The summed E-state index contributed by atoms with van der Waals surface area (Å²) in [4.78, 5) is 17.4. The normalized spacial score (nSPS) is 20.9. The molecule has 1 amide bonds. The molecule has 0 atom stereocenters. The molecular weight excluding hydrogens is 290 g/mol. The van der Waals surface area contributed by atoms with Gasteiger partial charge >= 0.3 is 0 Å². The van der Waals surface area contributed by atoms with Crippen LogP contribution in [0.15, 0.2) is 23.9 Å². The van der Waals surface area contributed by atoms with Gasteiger partial charge in [0, 0.05) is 19.2 Å². The predicted octanol–water partition coefficient (Wildman–Crippen LogP) is 2.70. The lowest BCUT2D eigenvalue weighted by Gasteiger charge is -2.42. The molecule has 118 valence electrons. The Morgan fingerprint density at radius 1 is 1.36 bits per heavy atom. The van der Waals surface area contributed by atoms with Crippen LogP contribution >= 0.6 is 0 Å². The summed E-state index contributed by atoms with van der Waals surface area (Å²) in [7, 11) is 0. The molecule has 2 aliphatic heterocycles. The van der Waals surface area contributed by atoms with Crippen molar-refractivity contribution in [3.8, 4) is 0 Å². The first-order valence-corrected chi connectivity index (χ1v) is 7.42. The summed E-state index contributed by atoms with van der Waals surface area (Å²) in [6.07, 6.45) is 5.31. The largest absolute Gasteiger partial charge is 0.370 e. The number of aromatic nitrogens is 1. The zero-order valence-electron chi connectivity index (χ0n) is 12.4. The zero-order valence-corrected chi connectivity index (χ0v) is 12.4. The standard InChI is InChI=1S/C16H18F2N2O2/c1-11-2-7-22-16(9-11)3-5-20(6-4-16)15(21)14-13(18)8-12(17)10-19-14/h8-10H,2-7H2,1H3. The van der Waals surface area contributed by atoms with Crippen LogP contribution in [-0.4, -0.2) is 41.1 Å². The molecule has 3 rings (SSSR count). The molecule has 1 aromatic rings. The Labute approximate surface area is 127 Å². The minimum Gasteiger partial charge on any atom is -0.370 e. The van der Waals surface area contributed by atoms with E-state index in [0.717, 1.165) is 12.6 Å². The van der Waals surface area contributed by atoms with Crippen LogP contribution in [0.4, 0.5) is 8.78 Å². The highest BCUT2D eigenvalue weighted by molar-refractivity contribution is 5.92. The summed E-state index contributed by atoms with van der Waals surface area (Å²) < 4.78 is 32.4. The molecule has 1 aromatic heterocycles. The van der Waals surface area contributed by atoms with Crippen LogP contribution in [0.5, 0.6) is 0 Å². The van der Waals surface area contributed by atoms with Crippen molar-refractivity contribution in [3.63, 3.8) is 0 Å². The van der Waals surface area contributed by atoms with E-state index in [0.29, 0.717) is 38.6 Å². The van der Waals surface area contributed by atoms with Gasteiger partial charge in [-0.1, -0.05) is 11.6 Å². The van der Waals surface area contributed by atoms with Crippen LogP contribution in [-0.2, 0) is 4.74 Å². The van der Waals surface area contributed by atoms with E-state index in [1.807, 2.05) is 0 Å². The lowest BCUT2D eigenvalue weighted by Crippen LogP contribution is -2.48. The molecule has 0 saturated carbocycles. The molecule has 0 radical (unpaired) electrons. The highest BCUT2D eigenvalue weighted by Gasteiger charge is 2.37. The zero-order chi connectivity index (χ0) is 15.7. The van der Waals surface area contributed by atoms with E-state index in [-0.39, 0.29) is 11.3 Å². The van der Waals surface area contributed by atoms with E-state index in [2.05, 4.69) is 18.0 Å². The molecule has 1 fully saturated rings. The molecule has 0 aliphatic carbocycles. The van der Waals surface area contributed by atoms with Crippen molar-refractivity contribution in [1.82, 2.24) is 9.88 Å². The summed E-state index contributed by atoms with van der Waals surface area (Å²) >= 11 is 0. The Morgan fingerprint density at radius 3 is 2.73 bits per heavy atom. The van der Waals surface area contributed by atoms with Gasteiger partial charge in [0.15, 0.2) is 11.5 Å². The second-order valence-electron chi connectivity index (χ2n) is 5.93. The maximum atomic E-state index is 13.7. The number of likely N-dealkylation sites (tertiary alicyclic amines) is 1. The smallest absolute Gasteiger partial charge is 0.275 e. The predicted molar refractivity (Wildman–Crippen MR) is 76.3 cm³/mol. The van der Waals surface area contributed by atoms with E-state index < -0.39 is 17.5 Å². The van der Waals surface area contributed by atoms with Crippen molar-refractivity contribution < 1.29 is 18.3 Å². The van der Waals surface area contributed by atoms with Crippen molar-refractivity contribution in [1.29, 1.82) is 0 Å². The van der Waals surface area contributed by atoms with E-state index in [9.17, 15) is 13.6 Å². The Hall–Kier alpha value is -1.82. The number of rotatable bonds is 1. The minimum atomic E-state index is -0.921. The monoisotopic (exact) mass is 308 g/mol. The Kier molecular flexibility index (Phi) is 3.95. The first-order chi connectivity index (χ1) is 10.5. The maximum absolute atomic E-state index is 13.7. The SMILES string of the molecule is CC1=CC2(CCN(C(=O)c3ncc(F)cc3F)CC2)OCC1. The van der Waals surface area contributed by atoms with E-state index in [1.165, 1.54) is 5.57 Å². The van der Waals surface area contributed by atoms with Gasteiger partial charge < -0.3 is 9.64 Å². The molecule has 0 N–H and O–H groups in total. The van der Waals surface area contributed by atoms with Crippen LogP contribution in [0, 0.1) is 11.6 Å². The molecule has 22 heavy (non-hydrogen) atoms. The highest BCUT2D eigenvalue weighted by atomic mass is 19.1. The van der Waals surface area contributed by atoms with E-state index >= 15 is 0 Å². The number of hydrogen-bond acceptors (Lipinski definition) is 3. The number of carbonyl (C=O) groups is 1. The van der Waals surface area contributed by atoms with Crippen LogP contribution in [0.3, 0.4) is 0 Å². The number of pyridine rings is 1. The van der Waals surface area contributed by atoms with Crippen molar-refractivity contribution in [2.24, 2.45) is 0 Å². The third-order valence-corrected chi connectivity index (χ3v) is 4.30. The molecule has 0 bridgehead atoms. The fourth-order valence-corrected chi connectivity index (χ4v) is 3.08. The number of piperidine rings is 1. The maximum Gasteiger partial charge on any atom is 0.275 e. The van der Waals surface area contributed by atoms with Gasteiger partial charge in [0.2, 0.25) is 0 Å². The van der Waals surface area contributed by atoms with Crippen LogP contribution < -0.4 is 0 Å². The number of nitrogens with zero attached hydrogens (tertiary/aromatic N) is 2. The fraction of sp³-hybridized carbons (Fsp3) is 0.500. The molecule has 4 nitrogen and oxygen atoms in total. The first kappa shape index (κ1) is 15.1. The van der Waals surface area contributed by atoms with Gasteiger partial charge in [-0.25, -0.2) is 13.8 Å². The lowest BCUT2D eigenvalue weighted by atomic mass is 9.87. The van der Waals surface area contributed by atoms with Crippen molar-refractivity contribution in [2.75, 3.05) is 19.7 Å². The number of hydrogen-bond donors (Lipinski definition) is 0. The second-order valence-corrected chi connectivity index (χ2v) is 5.93. The van der Waals surface area contributed by atoms with Crippen LogP contribution in [0.25, 0.3) is 0 Å². The van der Waals surface area contributed by atoms with Gasteiger partial charge in [0.25, 0.3) is 5.91 Å². The Bertz CT molecular complexity index is 623. The summed E-state index contributed by atoms with van der Waals surface area (Å²) in [6, 6.07) is 0.683. The van der Waals surface area contributed by atoms with Gasteiger partial charge in [-0.15, -0.1) is 0 Å². The molecule has 1 spiro atoms. The molecular formula is C16H18F2N2O2.